The molecule has 3 nitrogen and oxygen atoms in total. The number of benzene rings is 1. The van der Waals surface area contributed by atoms with Crippen LogP contribution in [0.4, 0.5) is 5.00 Å². The Morgan fingerprint density at radius 3 is 2.68 bits per heavy atom. The smallest absolute Gasteiger partial charge is 0.225 e. The Morgan fingerprint density at radius 1 is 1.32 bits per heavy atom. The number of aryl methyl sites for hydroxylation is 1. The molecule has 1 aliphatic rings. The second-order valence-corrected chi connectivity index (χ2v) is 9.64. The van der Waals surface area contributed by atoms with Crippen molar-refractivity contribution in [2.75, 3.05) is 5.32 Å². The van der Waals surface area contributed by atoms with Crippen LogP contribution in [0.15, 0.2) is 24.3 Å². The van der Waals surface area contributed by atoms with Gasteiger partial charge in [-0.25, -0.2) is 0 Å². The molecule has 0 radical (unpaired) electrons. The molecule has 0 saturated carbocycles. The SMILES string of the molecule is CC1CCc2c(C#N)c(NC(=O)CCc3ccc(C(C)C)cc3)sc(=S)c2C1. The quantitative estimate of drug-likeness (QED) is 0.600. The minimum absolute atomic E-state index is 0.0702. The molecule has 1 amide bonds. The fraction of sp³-hybridized carbons (Fsp3) is 0.435. The van der Waals surface area contributed by atoms with Gasteiger partial charge in [0.15, 0.2) is 0 Å². The van der Waals surface area contributed by atoms with Crippen molar-refractivity contribution >= 4 is 34.5 Å². The third kappa shape index (κ3) is 4.68. The number of nitrogens with zero attached hydrogens (tertiary/aromatic N) is 1. The number of hydrogen-bond donors (Lipinski definition) is 1. The molecule has 1 aromatic heterocycles. The molecule has 2 aromatic rings. The molecule has 0 saturated heterocycles. The van der Waals surface area contributed by atoms with E-state index in [1.807, 2.05) is 0 Å². The number of rotatable bonds is 5. The van der Waals surface area contributed by atoms with Crippen molar-refractivity contribution in [3.8, 4) is 6.07 Å². The van der Waals surface area contributed by atoms with Crippen LogP contribution in [0.5, 0.6) is 0 Å². The number of nitrogens with one attached hydrogen (secondary N) is 1. The maximum absolute atomic E-state index is 12.5. The number of fused-ring (bicyclic) bond motifs is 1. The Balaban J connectivity index is 1.71. The molecule has 146 valence electrons. The summed E-state index contributed by atoms with van der Waals surface area (Å²) < 4.78 is 0.806. The molecule has 0 spiro atoms. The lowest BCUT2D eigenvalue weighted by molar-refractivity contribution is -0.116. The zero-order chi connectivity index (χ0) is 20.3. The van der Waals surface area contributed by atoms with E-state index in [0.717, 1.165) is 39.8 Å². The van der Waals surface area contributed by atoms with Crippen LogP contribution >= 0.6 is 23.6 Å². The van der Waals surface area contributed by atoms with Gasteiger partial charge in [-0.1, -0.05) is 57.3 Å². The maximum Gasteiger partial charge on any atom is 0.225 e. The van der Waals surface area contributed by atoms with Gasteiger partial charge in [0, 0.05) is 6.42 Å². The van der Waals surface area contributed by atoms with Gasteiger partial charge in [-0.05, 0) is 59.8 Å². The lowest BCUT2D eigenvalue weighted by atomic mass is 9.85. The molecule has 1 atom stereocenters. The Labute approximate surface area is 176 Å². The molecule has 1 N–H and O–H groups in total. The van der Waals surface area contributed by atoms with E-state index in [2.05, 4.69) is 56.4 Å². The summed E-state index contributed by atoms with van der Waals surface area (Å²) in [7, 11) is 0. The first kappa shape index (κ1) is 20.7. The van der Waals surface area contributed by atoms with Crippen LogP contribution in [0, 0.1) is 21.1 Å². The third-order valence-corrected chi connectivity index (χ3v) is 6.86. The number of amides is 1. The monoisotopic (exact) mass is 410 g/mol. The second-order valence-electron chi connectivity index (χ2n) is 7.95. The van der Waals surface area contributed by atoms with Crippen LogP contribution in [0.3, 0.4) is 0 Å². The molecule has 1 heterocycles. The number of nitriles is 1. The number of carbonyl (C=O) groups excluding carboxylic acids is 1. The molecule has 0 aliphatic heterocycles. The van der Waals surface area contributed by atoms with Crippen LogP contribution in [-0.2, 0) is 24.1 Å². The molecule has 1 aromatic carbocycles. The summed E-state index contributed by atoms with van der Waals surface area (Å²) in [5, 5.41) is 13.3. The van der Waals surface area contributed by atoms with Crippen molar-refractivity contribution in [3.63, 3.8) is 0 Å². The fourth-order valence-electron chi connectivity index (χ4n) is 3.66. The van der Waals surface area contributed by atoms with Gasteiger partial charge in [-0.2, -0.15) is 5.26 Å². The second kappa shape index (κ2) is 8.98. The van der Waals surface area contributed by atoms with Crippen molar-refractivity contribution < 1.29 is 4.79 Å². The van der Waals surface area contributed by atoms with E-state index in [0.29, 0.717) is 35.2 Å². The van der Waals surface area contributed by atoms with Crippen LogP contribution in [0.1, 0.15) is 67.3 Å². The zero-order valence-corrected chi connectivity index (χ0v) is 18.3. The highest BCUT2D eigenvalue weighted by molar-refractivity contribution is 7.73. The molecular weight excluding hydrogens is 384 g/mol. The van der Waals surface area contributed by atoms with Crippen LogP contribution in [0.2, 0.25) is 0 Å². The molecule has 1 unspecified atom stereocenters. The van der Waals surface area contributed by atoms with Crippen LogP contribution in [-0.4, -0.2) is 5.91 Å². The molecule has 28 heavy (non-hydrogen) atoms. The molecule has 0 fully saturated rings. The number of anilines is 1. The van der Waals surface area contributed by atoms with Gasteiger partial charge in [0.2, 0.25) is 5.91 Å². The van der Waals surface area contributed by atoms with E-state index in [9.17, 15) is 10.1 Å². The number of carbonyl (C=O) groups is 1. The predicted octanol–water partition coefficient (Wildman–Crippen LogP) is 6.17. The van der Waals surface area contributed by atoms with Crippen molar-refractivity contribution in [3.05, 3.63) is 55.9 Å². The highest BCUT2D eigenvalue weighted by Crippen LogP contribution is 2.36. The lowest BCUT2D eigenvalue weighted by Gasteiger charge is -2.23. The predicted molar refractivity (Wildman–Crippen MR) is 119 cm³/mol. The van der Waals surface area contributed by atoms with Gasteiger partial charge < -0.3 is 5.32 Å². The van der Waals surface area contributed by atoms with Gasteiger partial charge in [-0.15, -0.1) is 11.3 Å². The van der Waals surface area contributed by atoms with Gasteiger partial charge in [0.1, 0.15) is 11.1 Å². The van der Waals surface area contributed by atoms with Crippen molar-refractivity contribution in [2.24, 2.45) is 5.92 Å². The normalized spacial score (nSPS) is 15.8. The third-order valence-electron chi connectivity index (χ3n) is 5.43. The molecule has 5 heteroatoms. The minimum Gasteiger partial charge on any atom is -0.317 e. The topological polar surface area (TPSA) is 52.9 Å². The summed E-state index contributed by atoms with van der Waals surface area (Å²) in [5.41, 5.74) is 5.24. The first-order valence-electron chi connectivity index (χ1n) is 9.86. The zero-order valence-electron chi connectivity index (χ0n) is 16.7. The summed E-state index contributed by atoms with van der Waals surface area (Å²) >= 11 is 6.93. The van der Waals surface area contributed by atoms with Crippen molar-refractivity contribution in [1.82, 2.24) is 0 Å². The van der Waals surface area contributed by atoms with E-state index < -0.39 is 0 Å². The Hall–Kier alpha value is -2.03. The highest BCUT2D eigenvalue weighted by Gasteiger charge is 2.23. The molecule has 1 aliphatic carbocycles. The van der Waals surface area contributed by atoms with Crippen LogP contribution in [0.25, 0.3) is 0 Å². The van der Waals surface area contributed by atoms with Crippen molar-refractivity contribution in [1.29, 1.82) is 5.26 Å². The van der Waals surface area contributed by atoms with E-state index in [1.54, 1.807) is 0 Å². The largest absolute Gasteiger partial charge is 0.317 e. The average Bonchev–Trinajstić information content (AvgIpc) is 2.67. The van der Waals surface area contributed by atoms with E-state index in [1.165, 1.54) is 16.9 Å². The van der Waals surface area contributed by atoms with Crippen LogP contribution < -0.4 is 5.32 Å². The molecule has 3 rings (SSSR count). The lowest BCUT2D eigenvalue weighted by Crippen LogP contribution is -2.17. The van der Waals surface area contributed by atoms with E-state index >= 15 is 0 Å². The first-order valence-corrected chi connectivity index (χ1v) is 11.1. The van der Waals surface area contributed by atoms with Gasteiger partial charge in [0.05, 0.1) is 9.39 Å². The summed E-state index contributed by atoms with van der Waals surface area (Å²) in [6, 6.07) is 10.7. The number of hydrogen-bond acceptors (Lipinski definition) is 4. The Bertz CT molecular complexity index is 968. The Morgan fingerprint density at radius 2 is 2.04 bits per heavy atom. The maximum atomic E-state index is 12.5. The Kier molecular flexibility index (Phi) is 6.64. The van der Waals surface area contributed by atoms with Crippen molar-refractivity contribution in [2.45, 2.75) is 58.8 Å². The van der Waals surface area contributed by atoms with E-state index in [4.69, 9.17) is 12.2 Å². The van der Waals surface area contributed by atoms with Gasteiger partial charge >= 0.3 is 0 Å². The standard InChI is InChI=1S/C23H26N2OS2/c1-14(2)17-8-5-16(6-9-17)7-11-21(26)25-22-20(13-24)18-10-4-15(3)12-19(18)23(27)28-22/h5-6,8-9,14-15H,4,7,10-12H2,1-3H3,(H,25,26). The highest BCUT2D eigenvalue weighted by atomic mass is 32.1. The van der Waals surface area contributed by atoms with E-state index in [-0.39, 0.29) is 5.91 Å². The summed E-state index contributed by atoms with van der Waals surface area (Å²) in [6.45, 7) is 6.56. The van der Waals surface area contributed by atoms with Gasteiger partial charge in [-0.3, -0.25) is 4.79 Å². The minimum atomic E-state index is -0.0702. The molecular formula is C23H26N2OS2. The first-order chi connectivity index (χ1) is 13.4. The van der Waals surface area contributed by atoms with Gasteiger partial charge in [0.25, 0.3) is 0 Å². The molecule has 0 bridgehead atoms. The summed E-state index contributed by atoms with van der Waals surface area (Å²) in [5.74, 6) is 1.03. The fourth-order valence-corrected chi connectivity index (χ4v) is 5.07. The average molecular weight is 411 g/mol. The summed E-state index contributed by atoms with van der Waals surface area (Å²) in [6.07, 6.45) is 3.92. The summed E-state index contributed by atoms with van der Waals surface area (Å²) in [4.78, 5) is 12.5.